The lowest BCUT2D eigenvalue weighted by Gasteiger charge is -2.04. The van der Waals surface area contributed by atoms with Gasteiger partial charge in [-0.3, -0.25) is 0 Å². The Morgan fingerprint density at radius 2 is 0.577 bits per heavy atom. The Hall–Kier alpha value is 0.440. The van der Waals surface area contributed by atoms with Crippen molar-refractivity contribution in [3.05, 3.63) is 0 Å². The first-order valence-electron chi connectivity index (χ1n) is 12.2. The number of hydrogen-bond acceptors (Lipinski definition) is 0. The van der Waals surface area contributed by atoms with Gasteiger partial charge in [0.05, 0.1) is 13.1 Å². The maximum atomic E-state index is 2.56. The van der Waals surface area contributed by atoms with Crippen LogP contribution in [0.2, 0.25) is 0 Å². The summed E-state index contributed by atoms with van der Waals surface area (Å²) in [6, 6.07) is 0. The molecule has 0 aliphatic heterocycles. The summed E-state index contributed by atoms with van der Waals surface area (Å²) in [6.45, 7) is 7.34. The summed E-state index contributed by atoms with van der Waals surface area (Å²) in [5.41, 5.74) is 0. The average Bonchev–Trinajstić information content (AvgIpc) is 2.63. The lowest BCUT2D eigenvalue weighted by molar-refractivity contribution is -0.655. The van der Waals surface area contributed by atoms with Crippen molar-refractivity contribution in [3.8, 4) is 0 Å². The molecule has 0 fully saturated rings. The number of unbranched alkanes of at least 4 members (excludes halogenated alkanes) is 18. The zero-order chi connectivity index (χ0) is 18.3. The Balaban J connectivity index is 0. The van der Waals surface area contributed by atoms with Crippen LogP contribution in [0.5, 0.6) is 0 Å². The Bertz CT molecular complexity index is 198. The van der Waals surface area contributed by atoms with E-state index in [-0.39, 0.29) is 17.0 Å². The molecule has 0 radical (unpaired) electrons. The van der Waals surface area contributed by atoms with Gasteiger partial charge >= 0.3 is 0 Å². The van der Waals surface area contributed by atoms with Gasteiger partial charge in [-0.15, -0.1) is 0 Å². The van der Waals surface area contributed by atoms with Crippen molar-refractivity contribution in [2.24, 2.45) is 0 Å². The van der Waals surface area contributed by atoms with Gasteiger partial charge in [-0.1, -0.05) is 117 Å². The smallest absolute Gasteiger partial charge is 0.0755 e. The highest BCUT2D eigenvalue weighted by molar-refractivity contribution is 4.48. The molecule has 0 heterocycles. The maximum Gasteiger partial charge on any atom is 0.0755 e. The fourth-order valence-corrected chi connectivity index (χ4v) is 3.70. The van der Waals surface area contributed by atoms with Gasteiger partial charge < -0.3 is 22.3 Å². The van der Waals surface area contributed by atoms with Crippen LogP contribution in [-0.2, 0) is 0 Å². The minimum Gasteiger partial charge on any atom is -1.00 e. The first kappa shape index (κ1) is 28.6. The van der Waals surface area contributed by atoms with Crippen molar-refractivity contribution >= 4 is 0 Å². The second-order valence-electron chi connectivity index (χ2n) is 8.23. The minimum atomic E-state index is 0. The van der Waals surface area contributed by atoms with Crippen molar-refractivity contribution in [1.29, 1.82) is 0 Å². The van der Waals surface area contributed by atoms with Crippen LogP contribution < -0.4 is 22.3 Å². The van der Waals surface area contributed by atoms with Crippen molar-refractivity contribution in [2.75, 3.05) is 13.1 Å². The molecule has 2 N–H and O–H groups in total. The molecule has 0 amide bonds. The van der Waals surface area contributed by atoms with E-state index in [1.165, 1.54) is 142 Å². The van der Waals surface area contributed by atoms with E-state index >= 15 is 0 Å². The number of hydrogen-bond donors (Lipinski definition) is 1. The van der Waals surface area contributed by atoms with Gasteiger partial charge in [-0.2, -0.15) is 0 Å². The first-order valence-corrected chi connectivity index (χ1v) is 12.2. The number of halogens is 1. The monoisotopic (exact) mass is 433 g/mol. The van der Waals surface area contributed by atoms with E-state index in [0.29, 0.717) is 0 Å². The van der Waals surface area contributed by atoms with Crippen LogP contribution in [-0.4, -0.2) is 13.1 Å². The van der Waals surface area contributed by atoms with Gasteiger partial charge in [0.2, 0.25) is 0 Å². The van der Waals surface area contributed by atoms with Gasteiger partial charge in [0.1, 0.15) is 0 Å². The van der Waals surface area contributed by atoms with Crippen molar-refractivity contribution in [2.45, 2.75) is 142 Å². The Morgan fingerprint density at radius 1 is 0.346 bits per heavy atom. The average molecular weight is 435 g/mol. The zero-order valence-corrected chi connectivity index (χ0v) is 20.1. The molecule has 0 bridgehead atoms. The Labute approximate surface area is 177 Å². The van der Waals surface area contributed by atoms with Gasteiger partial charge in [-0.05, 0) is 25.7 Å². The molecule has 2 heteroatoms. The summed E-state index contributed by atoms with van der Waals surface area (Å²) in [7, 11) is 0. The van der Waals surface area contributed by atoms with Crippen LogP contribution in [0.4, 0.5) is 0 Å². The van der Waals surface area contributed by atoms with E-state index in [4.69, 9.17) is 0 Å². The molecule has 0 spiro atoms. The molecular formula is C24H52BrN. The van der Waals surface area contributed by atoms with Crippen LogP contribution in [0, 0.1) is 0 Å². The third kappa shape index (κ3) is 26.7. The van der Waals surface area contributed by atoms with E-state index in [1.807, 2.05) is 0 Å². The number of quaternary nitrogens is 1. The summed E-state index contributed by atoms with van der Waals surface area (Å²) in [4.78, 5) is 0. The number of nitrogens with two attached hydrogens (primary N) is 1. The molecule has 0 aromatic carbocycles. The predicted molar refractivity (Wildman–Crippen MR) is 115 cm³/mol. The molecule has 0 saturated carbocycles. The molecule has 160 valence electrons. The quantitative estimate of drug-likeness (QED) is 0.243. The third-order valence-electron chi connectivity index (χ3n) is 5.52. The standard InChI is InChI=1S/C24H51N.BrH/c1-3-5-7-9-11-13-15-17-19-21-23-25-24-22-20-18-16-14-12-10-8-6-4-2;/h25H,3-24H2,1-2H3;1H. The van der Waals surface area contributed by atoms with Crippen LogP contribution in [0.25, 0.3) is 0 Å². The summed E-state index contributed by atoms with van der Waals surface area (Å²) >= 11 is 0. The predicted octanol–water partition coefficient (Wildman–Crippen LogP) is 4.40. The molecular weight excluding hydrogens is 382 g/mol. The molecule has 0 aliphatic carbocycles. The number of rotatable bonds is 22. The van der Waals surface area contributed by atoms with Crippen molar-refractivity contribution in [3.63, 3.8) is 0 Å². The highest BCUT2D eigenvalue weighted by atomic mass is 79.9. The highest BCUT2D eigenvalue weighted by Crippen LogP contribution is 2.11. The van der Waals surface area contributed by atoms with E-state index in [0.717, 1.165) is 0 Å². The zero-order valence-electron chi connectivity index (χ0n) is 18.5. The lowest BCUT2D eigenvalue weighted by Crippen LogP contribution is -3.00. The fourth-order valence-electron chi connectivity index (χ4n) is 3.70. The molecule has 26 heavy (non-hydrogen) atoms. The summed E-state index contributed by atoms with van der Waals surface area (Å²) in [6.07, 6.45) is 29.1. The molecule has 0 atom stereocenters. The van der Waals surface area contributed by atoms with E-state index < -0.39 is 0 Å². The molecule has 0 unspecified atom stereocenters. The third-order valence-corrected chi connectivity index (χ3v) is 5.52. The Kier molecular flexibility index (Phi) is 30.5. The fraction of sp³-hybridized carbons (Fsp3) is 1.00. The van der Waals surface area contributed by atoms with E-state index in [1.54, 1.807) is 0 Å². The first-order chi connectivity index (χ1) is 12.4. The summed E-state index contributed by atoms with van der Waals surface area (Å²) in [5, 5.41) is 2.56. The second-order valence-corrected chi connectivity index (χ2v) is 8.23. The highest BCUT2D eigenvalue weighted by Gasteiger charge is 1.96. The maximum absolute atomic E-state index is 2.56. The van der Waals surface area contributed by atoms with Gasteiger partial charge in [-0.25, -0.2) is 0 Å². The second kappa shape index (κ2) is 27.7. The molecule has 0 saturated heterocycles. The van der Waals surface area contributed by atoms with Gasteiger partial charge in [0, 0.05) is 0 Å². The lowest BCUT2D eigenvalue weighted by atomic mass is 10.1. The molecule has 0 aliphatic rings. The van der Waals surface area contributed by atoms with Crippen LogP contribution in [0.3, 0.4) is 0 Å². The molecule has 1 nitrogen and oxygen atoms in total. The SMILES string of the molecule is CCCCCCCCCCCC[NH2+]CCCCCCCCCCCC.[Br-]. The minimum absolute atomic E-state index is 0. The Morgan fingerprint density at radius 3 is 0.846 bits per heavy atom. The summed E-state index contributed by atoms with van der Waals surface area (Å²) in [5.74, 6) is 0. The molecule has 0 aromatic heterocycles. The van der Waals surface area contributed by atoms with Crippen LogP contribution >= 0.6 is 0 Å². The van der Waals surface area contributed by atoms with Gasteiger partial charge in [0.25, 0.3) is 0 Å². The summed E-state index contributed by atoms with van der Waals surface area (Å²) < 4.78 is 0. The normalized spacial score (nSPS) is 10.8. The largest absolute Gasteiger partial charge is 1.00 e. The molecule has 0 rings (SSSR count). The van der Waals surface area contributed by atoms with E-state index in [9.17, 15) is 0 Å². The van der Waals surface area contributed by atoms with Crippen molar-refractivity contribution < 1.29 is 22.3 Å². The topological polar surface area (TPSA) is 16.6 Å². The van der Waals surface area contributed by atoms with Crippen molar-refractivity contribution in [1.82, 2.24) is 0 Å². The van der Waals surface area contributed by atoms with E-state index in [2.05, 4.69) is 19.2 Å². The van der Waals surface area contributed by atoms with Crippen LogP contribution in [0.15, 0.2) is 0 Å². The molecule has 0 aromatic rings. The van der Waals surface area contributed by atoms with Gasteiger partial charge in [0.15, 0.2) is 0 Å². The van der Waals surface area contributed by atoms with Crippen LogP contribution in [0.1, 0.15) is 142 Å².